The van der Waals surface area contributed by atoms with Crippen molar-refractivity contribution in [3.8, 4) is 0 Å². The van der Waals surface area contributed by atoms with Gasteiger partial charge in [-0.1, -0.05) is 30.3 Å². The molecule has 4 rings (SSSR count). The lowest BCUT2D eigenvalue weighted by Crippen LogP contribution is -2.03. The molecule has 0 saturated heterocycles. The molecule has 1 heterocycles. The number of carbonyl (C=O) groups excluding carboxylic acids is 1. The Morgan fingerprint density at radius 2 is 1.62 bits per heavy atom. The van der Waals surface area contributed by atoms with Crippen molar-refractivity contribution in [3.63, 3.8) is 0 Å². The molecule has 0 atom stereocenters. The van der Waals surface area contributed by atoms with Crippen LogP contribution in [0.4, 0.5) is 0 Å². The molecule has 26 heavy (non-hydrogen) atoms. The molecule has 0 aliphatic carbocycles. The van der Waals surface area contributed by atoms with Crippen LogP contribution in [0.15, 0.2) is 54.6 Å². The fourth-order valence-electron chi connectivity index (χ4n) is 3.93. The molecule has 0 unspecified atom stereocenters. The fourth-order valence-corrected chi connectivity index (χ4v) is 3.93. The van der Waals surface area contributed by atoms with E-state index in [1.807, 2.05) is 37.3 Å². The van der Waals surface area contributed by atoms with Gasteiger partial charge < -0.3 is 4.57 Å². The van der Waals surface area contributed by atoms with Gasteiger partial charge in [-0.05, 0) is 68.7 Å². The summed E-state index contributed by atoms with van der Waals surface area (Å²) in [7, 11) is 0. The molecule has 4 aromatic rings. The monoisotopic (exact) mass is 341 g/mol. The average Bonchev–Trinajstić information content (AvgIpc) is 2.97. The van der Waals surface area contributed by atoms with E-state index in [2.05, 4.69) is 49.6 Å². The van der Waals surface area contributed by atoms with E-state index in [0.717, 1.165) is 23.2 Å². The third-order valence-corrected chi connectivity index (χ3v) is 5.53. The van der Waals surface area contributed by atoms with Crippen LogP contribution in [0.25, 0.3) is 21.8 Å². The topological polar surface area (TPSA) is 22.0 Å². The number of nitrogens with zero attached hydrogens (tertiary/aromatic N) is 1. The molecule has 0 aliphatic heterocycles. The van der Waals surface area contributed by atoms with E-state index in [4.69, 9.17) is 0 Å². The van der Waals surface area contributed by atoms with Gasteiger partial charge in [-0.3, -0.25) is 4.79 Å². The van der Waals surface area contributed by atoms with E-state index in [-0.39, 0.29) is 5.78 Å². The second-order valence-electron chi connectivity index (χ2n) is 7.02. The Hall–Kier alpha value is -2.87. The van der Waals surface area contributed by atoms with Gasteiger partial charge in [-0.2, -0.15) is 0 Å². The minimum Gasteiger partial charge on any atom is -0.341 e. The number of benzene rings is 3. The maximum Gasteiger partial charge on any atom is 0.193 e. The number of hydrogen-bond acceptors (Lipinski definition) is 1. The number of aryl methyl sites for hydroxylation is 4. The van der Waals surface area contributed by atoms with E-state index in [9.17, 15) is 4.79 Å². The summed E-state index contributed by atoms with van der Waals surface area (Å²) in [6.45, 7) is 9.38. The van der Waals surface area contributed by atoms with Gasteiger partial charge in [0, 0.05) is 39.5 Å². The van der Waals surface area contributed by atoms with Crippen LogP contribution in [-0.2, 0) is 6.54 Å². The zero-order chi connectivity index (χ0) is 18.4. The number of fused-ring (bicyclic) bond motifs is 3. The molecule has 1 aromatic heterocycles. The largest absolute Gasteiger partial charge is 0.341 e. The van der Waals surface area contributed by atoms with Crippen molar-refractivity contribution in [1.29, 1.82) is 0 Å². The van der Waals surface area contributed by atoms with Crippen molar-refractivity contribution in [2.75, 3.05) is 0 Å². The normalized spacial score (nSPS) is 11.4. The molecule has 0 bridgehead atoms. The molecule has 0 N–H and O–H groups in total. The van der Waals surface area contributed by atoms with E-state index >= 15 is 0 Å². The Morgan fingerprint density at radius 3 is 2.35 bits per heavy atom. The number of carbonyl (C=O) groups is 1. The van der Waals surface area contributed by atoms with Crippen molar-refractivity contribution >= 4 is 27.6 Å². The molecule has 0 fully saturated rings. The number of rotatable bonds is 3. The van der Waals surface area contributed by atoms with Gasteiger partial charge in [0.25, 0.3) is 0 Å². The summed E-state index contributed by atoms with van der Waals surface area (Å²) in [5, 5.41) is 2.43. The zero-order valence-corrected chi connectivity index (χ0v) is 15.8. The minimum atomic E-state index is 0.0905. The van der Waals surface area contributed by atoms with Crippen LogP contribution >= 0.6 is 0 Å². The highest BCUT2D eigenvalue weighted by Crippen LogP contribution is 2.34. The SMILES string of the molecule is CCn1c2ccc(C(=O)c3ccccc3C)cc2c2c(C)c(C)ccc21. The smallest absolute Gasteiger partial charge is 0.193 e. The maximum absolute atomic E-state index is 13.1. The van der Waals surface area contributed by atoms with Crippen LogP contribution in [0.2, 0.25) is 0 Å². The molecule has 2 nitrogen and oxygen atoms in total. The van der Waals surface area contributed by atoms with Crippen LogP contribution in [0, 0.1) is 20.8 Å². The van der Waals surface area contributed by atoms with Crippen LogP contribution < -0.4 is 0 Å². The van der Waals surface area contributed by atoms with Crippen molar-refractivity contribution in [3.05, 3.63) is 82.4 Å². The highest BCUT2D eigenvalue weighted by atomic mass is 16.1. The first kappa shape index (κ1) is 16.6. The molecule has 0 radical (unpaired) electrons. The first-order valence-electron chi connectivity index (χ1n) is 9.15. The first-order valence-corrected chi connectivity index (χ1v) is 9.15. The quantitative estimate of drug-likeness (QED) is 0.421. The lowest BCUT2D eigenvalue weighted by atomic mass is 9.97. The first-order chi connectivity index (χ1) is 12.5. The van der Waals surface area contributed by atoms with Gasteiger partial charge >= 0.3 is 0 Å². The summed E-state index contributed by atoms with van der Waals surface area (Å²) >= 11 is 0. The summed E-state index contributed by atoms with van der Waals surface area (Å²) in [6.07, 6.45) is 0. The highest BCUT2D eigenvalue weighted by Gasteiger charge is 2.16. The third kappa shape index (κ3) is 2.37. The van der Waals surface area contributed by atoms with Crippen molar-refractivity contribution in [2.45, 2.75) is 34.2 Å². The molecule has 0 amide bonds. The molecule has 0 saturated carbocycles. The van der Waals surface area contributed by atoms with E-state index < -0.39 is 0 Å². The molecule has 2 heteroatoms. The number of aromatic nitrogens is 1. The molecular weight excluding hydrogens is 318 g/mol. The average molecular weight is 341 g/mol. The lowest BCUT2D eigenvalue weighted by molar-refractivity contribution is 0.103. The Kier molecular flexibility index (Phi) is 3.91. The van der Waals surface area contributed by atoms with Crippen LogP contribution in [0.1, 0.15) is 39.5 Å². The highest BCUT2D eigenvalue weighted by molar-refractivity contribution is 6.15. The van der Waals surface area contributed by atoms with Gasteiger partial charge in [0.15, 0.2) is 5.78 Å². The summed E-state index contributed by atoms with van der Waals surface area (Å²) < 4.78 is 2.33. The molecule has 130 valence electrons. The van der Waals surface area contributed by atoms with Crippen LogP contribution in [0.3, 0.4) is 0 Å². The summed E-state index contributed by atoms with van der Waals surface area (Å²) in [4.78, 5) is 13.1. The second-order valence-corrected chi connectivity index (χ2v) is 7.02. The van der Waals surface area contributed by atoms with Crippen molar-refractivity contribution < 1.29 is 4.79 Å². The van der Waals surface area contributed by atoms with Crippen LogP contribution in [0.5, 0.6) is 0 Å². The van der Waals surface area contributed by atoms with Gasteiger partial charge in [-0.25, -0.2) is 0 Å². The standard InChI is InChI=1S/C24H23NO/c1-5-25-21-13-11-18(24(26)19-9-7-6-8-16(19)3)14-20(21)23-17(4)15(2)10-12-22(23)25/h6-14H,5H2,1-4H3. The van der Waals surface area contributed by atoms with E-state index in [0.29, 0.717) is 0 Å². The third-order valence-electron chi connectivity index (χ3n) is 5.53. The predicted octanol–water partition coefficient (Wildman–Crippen LogP) is 5.97. The van der Waals surface area contributed by atoms with Crippen molar-refractivity contribution in [2.24, 2.45) is 0 Å². The van der Waals surface area contributed by atoms with Gasteiger partial charge in [0.2, 0.25) is 0 Å². The molecule has 0 aliphatic rings. The Bertz CT molecular complexity index is 1160. The molecule has 3 aromatic carbocycles. The van der Waals surface area contributed by atoms with Crippen LogP contribution in [-0.4, -0.2) is 10.4 Å². The van der Waals surface area contributed by atoms with Crippen molar-refractivity contribution in [1.82, 2.24) is 4.57 Å². The van der Waals surface area contributed by atoms with E-state index in [1.165, 1.54) is 32.9 Å². The fraction of sp³-hybridized carbons (Fsp3) is 0.208. The summed E-state index contributed by atoms with van der Waals surface area (Å²) in [6, 6.07) is 18.3. The van der Waals surface area contributed by atoms with E-state index in [1.54, 1.807) is 0 Å². The number of hydrogen-bond donors (Lipinski definition) is 0. The van der Waals surface area contributed by atoms with Gasteiger partial charge in [0.05, 0.1) is 0 Å². The Labute approximate surface area is 154 Å². The lowest BCUT2D eigenvalue weighted by Gasteiger charge is -2.06. The zero-order valence-electron chi connectivity index (χ0n) is 15.8. The van der Waals surface area contributed by atoms with Gasteiger partial charge in [-0.15, -0.1) is 0 Å². The molecule has 0 spiro atoms. The van der Waals surface area contributed by atoms with Gasteiger partial charge in [0.1, 0.15) is 0 Å². The Morgan fingerprint density at radius 1 is 0.885 bits per heavy atom. The Balaban J connectivity index is 2.01. The maximum atomic E-state index is 13.1. The summed E-state index contributed by atoms with van der Waals surface area (Å²) in [5.41, 5.74) is 7.55. The second kappa shape index (κ2) is 6.14. The summed E-state index contributed by atoms with van der Waals surface area (Å²) in [5.74, 6) is 0.0905. The number of ketones is 1. The molecular formula is C24H23NO. The predicted molar refractivity (Wildman–Crippen MR) is 109 cm³/mol. The minimum absolute atomic E-state index is 0.0905.